The van der Waals surface area contributed by atoms with Crippen LogP contribution in [-0.4, -0.2) is 52.6 Å². The first-order chi connectivity index (χ1) is 11.7. The smallest absolute Gasteiger partial charge is 0.353 e. The van der Waals surface area contributed by atoms with Crippen LogP contribution < -0.4 is 11.4 Å². The van der Waals surface area contributed by atoms with E-state index >= 15 is 0 Å². The highest BCUT2D eigenvalue weighted by atomic mass is 35.5. The molecule has 0 aromatic carbocycles. The molecule has 1 aromatic heterocycles. The van der Waals surface area contributed by atoms with E-state index in [4.69, 9.17) is 31.1 Å². The van der Waals surface area contributed by atoms with Crippen LogP contribution in [-0.2, 0) is 18.3 Å². The molecule has 3 N–H and O–H groups in total. The van der Waals surface area contributed by atoms with Gasteiger partial charge in [0, 0.05) is 26.2 Å². The maximum absolute atomic E-state index is 14.6. The summed E-state index contributed by atoms with van der Waals surface area (Å²) < 4.78 is 42.5. The molecular formula is C13H18ClFN3O6P. The number of aromatic nitrogens is 2. The first-order valence-corrected chi connectivity index (χ1v) is 9.19. The van der Waals surface area contributed by atoms with E-state index in [1.807, 2.05) is 0 Å². The summed E-state index contributed by atoms with van der Waals surface area (Å²) in [5.74, 6) is 0.587. The molecule has 25 heavy (non-hydrogen) atoms. The summed E-state index contributed by atoms with van der Waals surface area (Å²) in [6, 6.07) is 1.28. The molecule has 1 fully saturated rings. The van der Waals surface area contributed by atoms with Crippen molar-refractivity contribution in [1.29, 1.82) is 0 Å². The van der Waals surface area contributed by atoms with E-state index in [9.17, 15) is 18.9 Å². The third-order valence-electron chi connectivity index (χ3n) is 3.80. The number of aliphatic hydroxyl groups is 1. The predicted octanol–water partition coefficient (Wildman–Crippen LogP) is 1.03. The molecule has 4 atom stereocenters. The van der Waals surface area contributed by atoms with E-state index in [1.54, 1.807) is 0 Å². The van der Waals surface area contributed by atoms with E-state index in [1.165, 1.54) is 12.3 Å². The molecule has 140 valence electrons. The molecule has 9 nitrogen and oxygen atoms in total. The number of hydrogen-bond donors (Lipinski definition) is 2. The van der Waals surface area contributed by atoms with Crippen LogP contribution in [0, 0.1) is 0 Å². The van der Waals surface area contributed by atoms with Gasteiger partial charge in [-0.05, 0) is 12.1 Å². The van der Waals surface area contributed by atoms with Crippen molar-refractivity contribution in [2.24, 2.45) is 0 Å². The molecule has 0 amide bonds. The second-order valence-electron chi connectivity index (χ2n) is 5.25. The average Bonchev–Trinajstić information content (AvgIpc) is 2.85. The Kier molecular flexibility index (Phi) is 6.03. The van der Waals surface area contributed by atoms with Crippen LogP contribution in [0.25, 0.3) is 0 Å². The van der Waals surface area contributed by atoms with Gasteiger partial charge < -0.3 is 24.6 Å². The lowest BCUT2D eigenvalue weighted by molar-refractivity contribution is -0.0608. The minimum absolute atomic E-state index is 0.0418. The van der Waals surface area contributed by atoms with Crippen molar-refractivity contribution in [3.05, 3.63) is 34.6 Å². The van der Waals surface area contributed by atoms with Gasteiger partial charge in [0.2, 0.25) is 0 Å². The van der Waals surface area contributed by atoms with Crippen molar-refractivity contribution < 1.29 is 27.8 Å². The fourth-order valence-corrected chi connectivity index (χ4v) is 3.46. The Morgan fingerprint density at radius 2 is 2.24 bits per heavy atom. The van der Waals surface area contributed by atoms with Gasteiger partial charge in [0.05, 0.1) is 5.88 Å². The van der Waals surface area contributed by atoms with Crippen LogP contribution in [0.3, 0.4) is 0 Å². The van der Waals surface area contributed by atoms with Gasteiger partial charge in [0.1, 0.15) is 17.5 Å². The number of alkyl halides is 2. The fraction of sp³-hybridized carbons (Fsp3) is 0.538. The summed E-state index contributed by atoms with van der Waals surface area (Å²) in [6.07, 6.45) is -2.93. The second kappa shape index (κ2) is 7.53. The largest absolute Gasteiger partial charge is 0.386 e. The molecule has 0 spiro atoms. The van der Waals surface area contributed by atoms with E-state index in [0.29, 0.717) is 0 Å². The second-order valence-corrected chi connectivity index (χ2v) is 7.62. The molecule has 2 heterocycles. The Balaban J connectivity index is 2.40. The van der Waals surface area contributed by atoms with Crippen molar-refractivity contribution in [1.82, 2.24) is 9.55 Å². The Bertz CT molecular complexity index is 754. The summed E-state index contributed by atoms with van der Waals surface area (Å²) >= 11 is 5.86. The summed E-state index contributed by atoms with van der Waals surface area (Å²) in [6.45, 7) is 0. The normalized spacial score (nSPS) is 30.2. The Hall–Kier alpha value is -1.29. The zero-order chi connectivity index (χ0) is 18.8. The molecule has 1 saturated heterocycles. The highest BCUT2D eigenvalue weighted by Crippen LogP contribution is 2.50. The standard InChI is InChI=1S/C13H18ClFN3O6P/c1-22-25(21,23-2)6-4-13(7-14)10(19)9(15)11(24-13)18-5-3-8(16)17-12(18)20/h3-6,9-11,19H,7H2,1-2H3,(H2,16,17,20)/b6-4-/t9-,10+,11?,13+/m1/s1. The zero-order valence-electron chi connectivity index (χ0n) is 13.4. The van der Waals surface area contributed by atoms with Gasteiger partial charge >= 0.3 is 13.3 Å². The van der Waals surface area contributed by atoms with Crippen molar-refractivity contribution in [2.45, 2.75) is 24.1 Å². The molecule has 1 aliphatic rings. The van der Waals surface area contributed by atoms with Gasteiger partial charge in [-0.1, -0.05) is 0 Å². The summed E-state index contributed by atoms with van der Waals surface area (Å²) in [5.41, 5.74) is 2.79. The SMILES string of the molecule is COP(=O)(/C=C\[C@@]1(CCl)OC(n2ccc(N)nc2=O)[C@H](F)[C@@H]1O)OC. The quantitative estimate of drug-likeness (QED) is 0.538. The summed E-state index contributed by atoms with van der Waals surface area (Å²) in [5, 5.41) is 10.3. The molecular weight excluding hydrogens is 380 g/mol. The Morgan fingerprint density at radius 1 is 1.60 bits per heavy atom. The monoisotopic (exact) mass is 397 g/mol. The molecule has 12 heteroatoms. The Labute approximate surface area is 147 Å². The van der Waals surface area contributed by atoms with Crippen LogP contribution in [0.2, 0.25) is 0 Å². The number of nitrogen functional groups attached to an aromatic ring is 1. The fourth-order valence-electron chi connectivity index (χ4n) is 2.32. The number of nitrogens with two attached hydrogens (primary N) is 1. The molecule has 0 saturated carbocycles. The summed E-state index contributed by atoms with van der Waals surface area (Å²) in [7, 11) is -1.27. The first kappa shape index (κ1) is 20.0. The number of aliphatic hydroxyl groups excluding tert-OH is 1. The van der Waals surface area contributed by atoms with E-state index < -0.39 is 37.4 Å². The van der Waals surface area contributed by atoms with Crippen LogP contribution in [0.4, 0.5) is 10.2 Å². The third-order valence-corrected chi connectivity index (χ3v) is 5.75. The van der Waals surface area contributed by atoms with Crippen molar-refractivity contribution in [3.8, 4) is 0 Å². The first-order valence-electron chi connectivity index (χ1n) is 7.04. The molecule has 2 rings (SSSR count). The van der Waals surface area contributed by atoms with Crippen LogP contribution >= 0.6 is 19.2 Å². The number of hydrogen-bond acceptors (Lipinski definition) is 8. The van der Waals surface area contributed by atoms with Gasteiger partial charge in [0.15, 0.2) is 12.4 Å². The molecule has 0 aliphatic carbocycles. The van der Waals surface area contributed by atoms with Gasteiger partial charge in [-0.15, -0.1) is 11.6 Å². The third kappa shape index (κ3) is 3.79. The van der Waals surface area contributed by atoms with Gasteiger partial charge in [0.25, 0.3) is 0 Å². The highest BCUT2D eigenvalue weighted by molar-refractivity contribution is 7.57. The number of halogens is 2. The van der Waals surface area contributed by atoms with Crippen molar-refractivity contribution >= 4 is 25.0 Å². The average molecular weight is 398 g/mol. The number of nitrogens with zero attached hydrogens (tertiary/aromatic N) is 2. The highest BCUT2D eigenvalue weighted by Gasteiger charge is 2.54. The maximum atomic E-state index is 14.6. The minimum Gasteiger partial charge on any atom is -0.386 e. The van der Waals surface area contributed by atoms with Gasteiger partial charge in [-0.3, -0.25) is 9.13 Å². The van der Waals surface area contributed by atoms with Crippen LogP contribution in [0.5, 0.6) is 0 Å². The lowest BCUT2D eigenvalue weighted by Gasteiger charge is -2.26. The topological polar surface area (TPSA) is 126 Å². The molecule has 0 bridgehead atoms. The lowest BCUT2D eigenvalue weighted by Crippen LogP contribution is -2.42. The van der Waals surface area contributed by atoms with E-state index in [0.717, 1.165) is 30.7 Å². The van der Waals surface area contributed by atoms with Crippen molar-refractivity contribution in [3.63, 3.8) is 0 Å². The maximum Gasteiger partial charge on any atom is 0.353 e. The number of ether oxygens (including phenoxy) is 1. The van der Waals surface area contributed by atoms with Gasteiger partial charge in [-0.2, -0.15) is 4.98 Å². The van der Waals surface area contributed by atoms with Gasteiger partial charge in [-0.25, -0.2) is 9.18 Å². The number of anilines is 1. The lowest BCUT2D eigenvalue weighted by atomic mass is 9.98. The molecule has 1 aromatic rings. The molecule has 1 unspecified atom stereocenters. The zero-order valence-corrected chi connectivity index (χ0v) is 15.1. The predicted molar refractivity (Wildman–Crippen MR) is 88.1 cm³/mol. The van der Waals surface area contributed by atoms with Crippen molar-refractivity contribution in [2.75, 3.05) is 25.8 Å². The Morgan fingerprint density at radius 3 is 2.76 bits per heavy atom. The van der Waals surface area contributed by atoms with E-state index in [2.05, 4.69) is 4.98 Å². The number of rotatable bonds is 6. The minimum atomic E-state index is -3.59. The molecule has 0 radical (unpaired) electrons. The molecule has 1 aliphatic heterocycles. The van der Waals surface area contributed by atoms with E-state index in [-0.39, 0.29) is 11.7 Å². The summed E-state index contributed by atoms with van der Waals surface area (Å²) in [4.78, 5) is 15.4. The van der Waals surface area contributed by atoms with Crippen LogP contribution in [0.15, 0.2) is 29.0 Å². The van der Waals surface area contributed by atoms with Crippen LogP contribution in [0.1, 0.15) is 6.23 Å².